The van der Waals surface area contributed by atoms with Gasteiger partial charge in [-0.3, -0.25) is 10.1 Å². The second-order valence-electron chi connectivity index (χ2n) is 3.27. The van der Waals surface area contributed by atoms with Crippen molar-refractivity contribution in [1.29, 1.82) is 0 Å². The highest BCUT2D eigenvalue weighted by atomic mass is 32.1. The number of nitrogens with one attached hydrogen (secondary N) is 1. The Morgan fingerprint density at radius 2 is 2.50 bits per heavy atom. The highest BCUT2D eigenvalue weighted by Gasteiger charge is 2.17. The summed E-state index contributed by atoms with van der Waals surface area (Å²) in [4.78, 5) is 16.4. The van der Waals surface area contributed by atoms with Crippen LogP contribution in [0, 0.1) is 3.95 Å². The summed E-state index contributed by atoms with van der Waals surface area (Å²) >= 11 is 7.68. The fourth-order valence-corrected chi connectivity index (χ4v) is 3.08. The van der Waals surface area contributed by atoms with E-state index in [1.54, 1.807) is 22.2 Å². The van der Waals surface area contributed by atoms with Crippen molar-refractivity contribution in [1.82, 2.24) is 9.55 Å². The Morgan fingerprint density at radius 3 is 3.11 bits per heavy atom. The molecular formula is C10H10N4OS3. The summed E-state index contributed by atoms with van der Waals surface area (Å²) in [7, 11) is 0. The SMILES string of the molecule is C=CCn1c(N)c(C(=O)Nc2nccs2)sc1=S. The molecule has 0 aliphatic heterocycles. The zero-order valence-electron chi connectivity index (χ0n) is 9.25. The van der Waals surface area contributed by atoms with Gasteiger partial charge in [0, 0.05) is 18.1 Å². The number of nitrogens with zero attached hydrogens (tertiary/aromatic N) is 2. The van der Waals surface area contributed by atoms with Crippen molar-refractivity contribution < 1.29 is 4.79 Å². The first kappa shape index (κ1) is 12.9. The summed E-state index contributed by atoms with van der Waals surface area (Å²) in [5.41, 5.74) is 5.90. The molecule has 0 radical (unpaired) electrons. The Bertz CT molecular complexity index is 626. The number of nitrogens with two attached hydrogens (primary N) is 1. The predicted octanol–water partition coefficient (Wildman–Crippen LogP) is 2.76. The Hall–Kier alpha value is -1.51. The molecule has 0 saturated heterocycles. The molecule has 5 nitrogen and oxygen atoms in total. The number of hydrogen-bond acceptors (Lipinski definition) is 6. The minimum Gasteiger partial charge on any atom is -0.384 e. The molecule has 2 aromatic rings. The number of carbonyl (C=O) groups is 1. The maximum Gasteiger partial charge on any atom is 0.271 e. The van der Waals surface area contributed by atoms with Crippen molar-refractivity contribution in [2.75, 3.05) is 11.1 Å². The third kappa shape index (κ3) is 2.50. The summed E-state index contributed by atoms with van der Waals surface area (Å²) in [6.07, 6.45) is 3.30. The molecule has 0 atom stereocenters. The Kier molecular flexibility index (Phi) is 3.90. The van der Waals surface area contributed by atoms with Gasteiger partial charge in [0.15, 0.2) is 9.09 Å². The lowest BCUT2D eigenvalue weighted by atomic mass is 10.4. The van der Waals surface area contributed by atoms with Crippen LogP contribution >= 0.6 is 34.9 Å². The monoisotopic (exact) mass is 298 g/mol. The molecule has 3 N–H and O–H groups in total. The fourth-order valence-electron chi connectivity index (χ4n) is 1.32. The van der Waals surface area contributed by atoms with Crippen molar-refractivity contribution >= 4 is 51.7 Å². The Morgan fingerprint density at radius 1 is 1.72 bits per heavy atom. The van der Waals surface area contributed by atoms with Gasteiger partial charge < -0.3 is 10.3 Å². The second-order valence-corrected chi connectivity index (χ2v) is 5.81. The van der Waals surface area contributed by atoms with Crippen LogP contribution in [0.5, 0.6) is 0 Å². The van der Waals surface area contributed by atoms with Crippen LogP contribution in [-0.4, -0.2) is 15.5 Å². The van der Waals surface area contributed by atoms with Crippen molar-refractivity contribution in [3.63, 3.8) is 0 Å². The van der Waals surface area contributed by atoms with E-state index in [1.807, 2.05) is 0 Å². The quantitative estimate of drug-likeness (QED) is 0.672. The van der Waals surface area contributed by atoms with Gasteiger partial charge in [0.1, 0.15) is 10.7 Å². The molecule has 0 aliphatic carbocycles. The van der Waals surface area contributed by atoms with Crippen LogP contribution in [0.1, 0.15) is 9.67 Å². The summed E-state index contributed by atoms with van der Waals surface area (Å²) in [5.74, 6) is 0.0697. The molecule has 2 aromatic heterocycles. The number of anilines is 2. The molecule has 0 saturated carbocycles. The first-order valence-electron chi connectivity index (χ1n) is 4.94. The number of amides is 1. The van der Waals surface area contributed by atoms with Gasteiger partial charge in [0.2, 0.25) is 0 Å². The normalized spacial score (nSPS) is 10.2. The smallest absolute Gasteiger partial charge is 0.271 e. The molecule has 1 amide bonds. The van der Waals surface area contributed by atoms with Crippen LogP contribution in [0.25, 0.3) is 0 Å². The number of thiazole rings is 2. The van der Waals surface area contributed by atoms with Gasteiger partial charge in [-0.05, 0) is 12.2 Å². The number of rotatable bonds is 4. The number of hydrogen-bond donors (Lipinski definition) is 2. The largest absolute Gasteiger partial charge is 0.384 e. The summed E-state index contributed by atoms with van der Waals surface area (Å²) in [5, 5.41) is 4.99. The number of aromatic nitrogens is 2. The van der Waals surface area contributed by atoms with E-state index in [0.29, 0.717) is 26.3 Å². The van der Waals surface area contributed by atoms with Gasteiger partial charge in [0.05, 0.1) is 0 Å². The van der Waals surface area contributed by atoms with Crippen molar-refractivity contribution in [3.05, 3.63) is 33.1 Å². The van der Waals surface area contributed by atoms with Gasteiger partial charge in [-0.25, -0.2) is 4.98 Å². The first-order chi connectivity index (χ1) is 8.63. The minimum atomic E-state index is -0.290. The van der Waals surface area contributed by atoms with Crippen LogP contribution in [0.15, 0.2) is 24.2 Å². The van der Waals surface area contributed by atoms with Crippen LogP contribution < -0.4 is 11.1 Å². The van der Waals surface area contributed by atoms with E-state index < -0.39 is 0 Å². The highest BCUT2D eigenvalue weighted by molar-refractivity contribution is 7.73. The van der Waals surface area contributed by atoms with Crippen LogP contribution in [0.4, 0.5) is 10.9 Å². The molecule has 18 heavy (non-hydrogen) atoms. The molecule has 0 unspecified atom stereocenters. The van der Waals surface area contributed by atoms with Crippen LogP contribution in [0.2, 0.25) is 0 Å². The lowest BCUT2D eigenvalue weighted by Gasteiger charge is -2.02. The molecule has 0 fully saturated rings. The molecule has 8 heteroatoms. The summed E-state index contributed by atoms with van der Waals surface area (Å²) < 4.78 is 2.22. The van der Waals surface area contributed by atoms with Crippen molar-refractivity contribution in [3.8, 4) is 0 Å². The van der Waals surface area contributed by atoms with E-state index in [1.165, 1.54) is 22.7 Å². The lowest BCUT2D eigenvalue weighted by Crippen LogP contribution is -2.13. The third-order valence-electron chi connectivity index (χ3n) is 2.10. The zero-order chi connectivity index (χ0) is 13.1. The third-order valence-corrected chi connectivity index (χ3v) is 4.26. The number of allylic oxidation sites excluding steroid dienone is 1. The Labute approximate surface area is 117 Å². The predicted molar refractivity (Wildman–Crippen MR) is 77.8 cm³/mol. The van der Waals surface area contributed by atoms with Gasteiger partial charge >= 0.3 is 0 Å². The molecular weight excluding hydrogens is 288 g/mol. The first-order valence-corrected chi connectivity index (χ1v) is 7.04. The molecule has 0 aromatic carbocycles. The van der Waals surface area contributed by atoms with Gasteiger partial charge in [-0.1, -0.05) is 17.4 Å². The molecule has 94 valence electrons. The van der Waals surface area contributed by atoms with Gasteiger partial charge in [0.25, 0.3) is 5.91 Å². The standard InChI is InChI=1S/C10H10N4OS3/c1-2-4-14-7(11)6(18-10(14)16)8(15)13-9-12-3-5-17-9/h2-3,5H,1,4,11H2,(H,12,13,15). The number of carbonyl (C=O) groups excluding carboxylic acids is 1. The average Bonchev–Trinajstić information content (AvgIpc) is 2.92. The molecule has 2 heterocycles. The summed E-state index contributed by atoms with van der Waals surface area (Å²) in [6.45, 7) is 4.12. The van der Waals surface area contributed by atoms with E-state index in [0.717, 1.165) is 0 Å². The van der Waals surface area contributed by atoms with Crippen molar-refractivity contribution in [2.24, 2.45) is 0 Å². The molecule has 2 rings (SSSR count). The van der Waals surface area contributed by atoms with E-state index in [9.17, 15) is 4.79 Å². The van der Waals surface area contributed by atoms with E-state index in [2.05, 4.69) is 16.9 Å². The van der Waals surface area contributed by atoms with E-state index in [-0.39, 0.29) is 5.91 Å². The Balaban J connectivity index is 2.28. The molecule has 0 aliphatic rings. The molecule has 0 bridgehead atoms. The second kappa shape index (κ2) is 5.42. The van der Waals surface area contributed by atoms with Gasteiger partial charge in [-0.2, -0.15) is 0 Å². The topological polar surface area (TPSA) is 72.9 Å². The maximum absolute atomic E-state index is 12.0. The van der Waals surface area contributed by atoms with E-state index >= 15 is 0 Å². The minimum absolute atomic E-state index is 0.290. The van der Waals surface area contributed by atoms with Crippen LogP contribution in [0.3, 0.4) is 0 Å². The van der Waals surface area contributed by atoms with Crippen molar-refractivity contribution in [2.45, 2.75) is 6.54 Å². The lowest BCUT2D eigenvalue weighted by molar-refractivity contribution is 0.103. The summed E-state index contributed by atoms with van der Waals surface area (Å²) in [6, 6.07) is 0. The zero-order valence-corrected chi connectivity index (χ0v) is 11.7. The van der Waals surface area contributed by atoms with Crippen LogP contribution in [-0.2, 0) is 6.54 Å². The maximum atomic E-state index is 12.0. The molecule has 0 spiro atoms. The van der Waals surface area contributed by atoms with Gasteiger partial charge in [-0.15, -0.1) is 17.9 Å². The highest BCUT2D eigenvalue weighted by Crippen LogP contribution is 2.23. The van der Waals surface area contributed by atoms with E-state index in [4.69, 9.17) is 18.0 Å². The fraction of sp³-hybridized carbons (Fsp3) is 0.100. The number of nitrogen functional groups attached to an aromatic ring is 1. The average molecular weight is 298 g/mol.